The lowest BCUT2D eigenvalue weighted by molar-refractivity contribution is 0.0653. The molecule has 1 saturated carbocycles. The van der Waals surface area contributed by atoms with Crippen LogP contribution in [0.5, 0.6) is 0 Å². The van der Waals surface area contributed by atoms with Gasteiger partial charge in [0.15, 0.2) is 5.82 Å². The number of carbonyl (C=O) groups is 2. The molecule has 0 saturated heterocycles. The molecule has 2 aromatic rings. The average molecular weight is 311 g/mol. The third-order valence-electron chi connectivity index (χ3n) is 4.63. The summed E-state index contributed by atoms with van der Waals surface area (Å²) >= 11 is 0. The smallest absolute Gasteiger partial charge is 0.261 e. The molecule has 1 fully saturated rings. The van der Waals surface area contributed by atoms with E-state index in [1.807, 2.05) is 0 Å². The molecule has 2 heterocycles. The lowest BCUT2D eigenvalue weighted by Crippen LogP contribution is -2.31. The lowest BCUT2D eigenvalue weighted by Gasteiger charge is -2.11. The van der Waals surface area contributed by atoms with Crippen molar-refractivity contribution in [1.29, 1.82) is 0 Å². The predicted molar refractivity (Wildman–Crippen MR) is 81.0 cm³/mol. The van der Waals surface area contributed by atoms with Crippen LogP contribution in [0.4, 0.5) is 0 Å². The number of aromatic nitrogens is 2. The van der Waals surface area contributed by atoms with Crippen LogP contribution in [0, 0.1) is 0 Å². The second kappa shape index (κ2) is 5.61. The van der Waals surface area contributed by atoms with E-state index in [-0.39, 0.29) is 18.4 Å². The maximum absolute atomic E-state index is 12.3. The normalized spacial score (nSPS) is 18.0. The Bertz CT molecular complexity index is 727. The standard InChI is InChI=1S/C17H17N3O3/c21-16-12-7-3-4-8-13(12)17(22)20(16)10-9-14-18-15(19-23-14)11-5-1-2-6-11/h3-4,7-8,11H,1-2,5-6,9-10H2. The van der Waals surface area contributed by atoms with E-state index < -0.39 is 0 Å². The molecule has 0 spiro atoms. The van der Waals surface area contributed by atoms with Crippen molar-refractivity contribution in [3.63, 3.8) is 0 Å². The first-order valence-electron chi connectivity index (χ1n) is 8.02. The summed E-state index contributed by atoms with van der Waals surface area (Å²) in [6, 6.07) is 6.89. The molecule has 2 amide bonds. The molecule has 118 valence electrons. The van der Waals surface area contributed by atoms with Crippen molar-refractivity contribution < 1.29 is 14.1 Å². The molecule has 4 rings (SSSR count). The fourth-order valence-electron chi connectivity index (χ4n) is 3.37. The average Bonchev–Trinajstić information content (AvgIpc) is 3.29. The molecular weight excluding hydrogens is 294 g/mol. The molecule has 0 atom stereocenters. The van der Waals surface area contributed by atoms with Crippen LogP contribution in [0.2, 0.25) is 0 Å². The number of nitrogens with zero attached hydrogens (tertiary/aromatic N) is 3. The third kappa shape index (κ3) is 2.44. The maximum Gasteiger partial charge on any atom is 0.261 e. The van der Waals surface area contributed by atoms with Crippen LogP contribution < -0.4 is 0 Å². The van der Waals surface area contributed by atoms with E-state index in [9.17, 15) is 9.59 Å². The Kier molecular flexibility index (Phi) is 3.44. The lowest BCUT2D eigenvalue weighted by atomic mass is 10.1. The Hall–Kier alpha value is -2.50. The van der Waals surface area contributed by atoms with Crippen molar-refractivity contribution in [2.75, 3.05) is 6.54 Å². The monoisotopic (exact) mass is 311 g/mol. The summed E-state index contributed by atoms with van der Waals surface area (Å²) < 4.78 is 5.27. The molecule has 0 bridgehead atoms. The van der Waals surface area contributed by atoms with Crippen LogP contribution >= 0.6 is 0 Å². The summed E-state index contributed by atoms with van der Waals surface area (Å²) in [7, 11) is 0. The van der Waals surface area contributed by atoms with Crippen LogP contribution in [0.15, 0.2) is 28.8 Å². The minimum absolute atomic E-state index is 0.249. The fraction of sp³-hybridized carbons (Fsp3) is 0.412. The van der Waals surface area contributed by atoms with E-state index in [1.54, 1.807) is 24.3 Å². The molecule has 1 aliphatic carbocycles. The molecule has 1 aliphatic heterocycles. The van der Waals surface area contributed by atoms with Crippen LogP contribution in [-0.2, 0) is 6.42 Å². The summed E-state index contributed by atoms with van der Waals surface area (Å²) in [6.07, 6.45) is 5.03. The highest BCUT2D eigenvalue weighted by Gasteiger charge is 2.35. The Morgan fingerprint density at radius 1 is 1.09 bits per heavy atom. The topological polar surface area (TPSA) is 76.3 Å². The van der Waals surface area contributed by atoms with Crippen LogP contribution in [-0.4, -0.2) is 33.4 Å². The fourth-order valence-corrected chi connectivity index (χ4v) is 3.37. The van der Waals surface area contributed by atoms with E-state index in [0.717, 1.165) is 18.7 Å². The van der Waals surface area contributed by atoms with Crippen molar-refractivity contribution in [2.24, 2.45) is 0 Å². The zero-order valence-corrected chi connectivity index (χ0v) is 12.7. The quantitative estimate of drug-likeness (QED) is 0.811. The van der Waals surface area contributed by atoms with Gasteiger partial charge in [-0.15, -0.1) is 0 Å². The van der Waals surface area contributed by atoms with Crippen molar-refractivity contribution in [1.82, 2.24) is 15.0 Å². The molecule has 0 N–H and O–H groups in total. The molecule has 0 radical (unpaired) electrons. The molecule has 6 nitrogen and oxygen atoms in total. The highest BCUT2D eigenvalue weighted by atomic mass is 16.5. The highest BCUT2D eigenvalue weighted by molar-refractivity contribution is 6.21. The molecular formula is C17H17N3O3. The van der Waals surface area contributed by atoms with Gasteiger partial charge in [-0.25, -0.2) is 0 Å². The molecule has 0 unspecified atom stereocenters. The first-order valence-corrected chi connectivity index (χ1v) is 8.02. The summed E-state index contributed by atoms with van der Waals surface area (Å²) in [5, 5.41) is 4.05. The Morgan fingerprint density at radius 2 is 1.74 bits per heavy atom. The largest absolute Gasteiger partial charge is 0.339 e. The number of amides is 2. The van der Waals surface area contributed by atoms with Gasteiger partial charge in [0, 0.05) is 18.9 Å². The summed E-state index contributed by atoms with van der Waals surface area (Å²) in [5.41, 5.74) is 0.935. The van der Waals surface area contributed by atoms with E-state index in [0.29, 0.717) is 29.4 Å². The number of imide groups is 1. The van der Waals surface area contributed by atoms with Crippen molar-refractivity contribution in [3.8, 4) is 0 Å². The van der Waals surface area contributed by atoms with Gasteiger partial charge in [-0.05, 0) is 25.0 Å². The van der Waals surface area contributed by atoms with Crippen LogP contribution in [0.3, 0.4) is 0 Å². The number of benzene rings is 1. The second-order valence-corrected chi connectivity index (χ2v) is 6.09. The molecule has 1 aromatic heterocycles. The number of hydrogen-bond acceptors (Lipinski definition) is 5. The van der Waals surface area contributed by atoms with Crippen LogP contribution in [0.1, 0.15) is 64.0 Å². The third-order valence-corrected chi connectivity index (χ3v) is 4.63. The minimum Gasteiger partial charge on any atom is -0.339 e. The summed E-state index contributed by atoms with van der Waals surface area (Å²) in [6.45, 7) is 0.263. The van der Waals surface area contributed by atoms with Gasteiger partial charge in [-0.2, -0.15) is 4.98 Å². The van der Waals surface area contributed by atoms with Gasteiger partial charge in [-0.1, -0.05) is 30.1 Å². The van der Waals surface area contributed by atoms with Crippen LogP contribution in [0.25, 0.3) is 0 Å². The van der Waals surface area contributed by atoms with Gasteiger partial charge in [0.2, 0.25) is 5.89 Å². The zero-order chi connectivity index (χ0) is 15.8. The van der Waals surface area contributed by atoms with Gasteiger partial charge < -0.3 is 4.52 Å². The predicted octanol–water partition coefficient (Wildman–Crippen LogP) is 2.57. The van der Waals surface area contributed by atoms with E-state index in [4.69, 9.17) is 4.52 Å². The number of rotatable bonds is 4. The van der Waals surface area contributed by atoms with Crippen molar-refractivity contribution in [3.05, 3.63) is 47.1 Å². The SMILES string of the molecule is O=C1c2ccccc2C(=O)N1CCc1nc(C2CCCC2)no1. The van der Waals surface area contributed by atoms with Gasteiger partial charge in [0.05, 0.1) is 11.1 Å². The molecule has 1 aromatic carbocycles. The number of hydrogen-bond donors (Lipinski definition) is 0. The zero-order valence-electron chi connectivity index (χ0n) is 12.7. The second-order valence-electron chi connectivity index (χ2n) is 6.09. The number of fused-ring (bicyclic) bond motifs is 1. The molecule has 2 aliphatic rings. The van der Waals surface area contributed by atoms with Crippen molar-refractivity contribution >= 4 is 11.8 Å². The summed E-state index contributed by atoms with van der Waals surface area (Å²) in [5.74, 6) is 1.15. The molecule has 6 heteroatoms. The summed E-state index contributed by atoms with van der Waals surface area (Å²) in [4.78, 5) is 30.2. The first-order chi connectivity index (χ1) is 11.2. The Morgan fingerprint density at radius 3 is 2.39 bits per heavy atom. The van der Waals surface area contributed by atoms with Gasteiger partial charge >= 0.3 is 0 Å². The van der Waals surface area contributed by atoms with Gasteiger partial charge in [-0.3, -0.25) is 14.5 Å². The molecule has 23 heavy (non-hydrogen) atoms. The Balaban J connectivity index is 1.44. The van der Waals surface area contributed by atoms with E-state index in [2.05, 4.69) is 10.1 Å². The Labute approximate surface area is 133 Å². The van der Waals surface area contributed by atoms with E-state index in [1.165, 1.54) is 17.7 Å². The van der Waals surface area contributed by atoms with Gasteiger partial charge in [0.25, 0.3) is 11.8 Å². The van der Waals surface area contributed by atoms with Gasteiger partial charge in [0.1, 0.15) is 0 Å². The maximum atomic E-state index is 12.3. The van der Waals surface area contributed by atoms with E-state index >= 15 is 0 Å². The minimum atomic E-state index is -0.249. The highest BCUT2D eigenvalue weighted by Crippen LogP contribution is 2.32. The number of carbonyl (C=O) groups excluding carboxylic acids is 2. The first kappa shape index (κ1) is 14.1. The van der Waals surface area contributed by atoms with Crippen molar-refractivity contribution in [2.45, 2.75) is 38.0 Å².